The number of aliphatic carboxylic acids is 1. The van der Waals surface area contributed by atoms with Crippen LogP contribution < -0.4 is 15.7 Å². The zero-order chi connectivity index (χ0) is 17.6. The molecule has 25 heavy (non-hydrogen) atoms. The summed E-state index contributed by atoms with van der Waals surface area (Å²) in [4.78, 5) is 24.0. The van der Waals surface area contributed by atoms with Crippen LogP contribution in [0, 0.1) is 11.8 Å². The van der Waals surface area contributed by atoms with Gasteiger partial charge in [0.15, 0.2) is 0 Å². The zero-order valence-corrected chi connectivity index (χ0v) is 13.9. The maximum atomic E-state index is 12.7. The molecule has 0 bridgehead atoms. The highest BCUT2D eigenvalue weighted by molar-refractivity contribution is 5.98. The minimum absolute atomic E-state index is 0.254. The van der Waals surface area contributed by atoms with E-state index in [1.165, 1.54) is 0 Å². The van der Waals surface area contributed by atoms with Gasteiger partial charge in [0.05, 0.1) is 11.4 Å². The second-order valence-corrected chi connectivity index (χ2v) is 6.34. The molecule has 2 atom stereocenters. The third kappa shape index (κ3) is 4.18. The predicted molar refractivity (Wildman–Crippen MR) is 95.3 cm³/mol. The molecule has 1 fully saturated rings. The van der Waals surface area contributed by atoms with E-state index in [-0.39, 0.29) is 5.91 Å². The number of carboxylic acid groups (broad SMARTS) is 1. The average Bonchev–Trinajstić information content (AvgIpc) is 2.64. The normalized spacial score (nSPS) is 19.8. The summed E-state index contributed by atoms with van der Waals surface area (Å²) < 4.78 is 0. The van der Waals surface area contributed by atoms with Gasteiger partial charge in [0.2, 0.25) is 5.91 Å². The molecular weight excluding hydrogens is 316 g/mol. The molecule has 0 spiro atoms. The minimum atomic E-state index is -1.13. The van der Waals surface area contributed by atoms with E-state index in [9.17, 15) is 14.7 Å². The van der Waals surface area contributed by atoms with E-state index < -0.39 is 17.8 Å². The SMILES string of the molecule is O=C(Nc1ccccc1Nc1ccccc1)[C@H]1CCCC[C@H]1C(=O)[O-]. The van der Waals surface area contributed by atoms with E-state index in [0.717, 1.165) is 24.2 Å². The van der Waals surface area contributed by atoms with Crippen molar-refractivity contribution in [2.45, 2.75) is 25.7 Å². The Balaban J connectivity index is 1.76. The molecule has 5 nitrogen and oxygen atoms in total. The first-order valence-electron chi connectivity index (χ1n) is 8.58. The molecule has 5 heteroatoms. The van der Waals surface area contributed by atoms with Crippen LogP contribution >= 0.6 is 0 Å². The fraction of sp³-hybridized carbons (Fsp3) is 0.300. The van der Waals surface area contributed by atoms with Gasteiger partial charge in [-0.1, -0.05) is 43.2 Å². The molecule has 0 saturated heterocycles. The number of nitrogens with one attached hydrogen (secondary N) is 2. The summed E-state index contributed by atoms with van der Waals surface area (Å²) in [5.41, 5.74) is 2.32. The van der Waals surface area contributed by atoms with Gasteiger partial charge in [-0.3, -0.25) is 4.79 Å². The molecule has 2 N–H and O–H groups in total. The summed E-state index contributed by atoms with van der Waals surface area (Å²) in [5, 5.41) is 17.5. The summed E-state index contributed by atoms with van der Waals surface area (Å²) in [6.07, 6.45) is 2.78. The lowest BCUT2D eigenvalue weighted by molar-refractivity contribution is -0.313. The van der Waals surface area contributed by atoms with Crippen molar-refractivity contribution in [1.29, 1.82) is 0 Å². The number of carbonyl (C=O) groups excluding carboxylic acids is 2. The second kappa shape index (κ2) is 7.83. The second-order valence-electron chi connectivity index (χ2n) is 6.34. The van der Waals surface area contributed by atoms with Crippen LogP contribution in [-0.2, 0) is 9.59 Å². The van der Waals surface area contributed by atoms with Crippen LogP contribution in [0.1, 0.15) is 25.7 Å². The maximum Gasteiger partial charge on any atom is 0.228 e. The monoisotopic (exact) mass is 337 g/mol. The van der Waals surface area contributed by atoms with Crippen LogP contribution in [-0.4, -0.2) is 11.9 Å². The Labute approximate surface area is 147 Å². The molecule has 0 unspecified atom stereocenters. The van der Waals surface area contributed by atoms with Crippen molar-refractivity contribution in [3.63, 3.8) is 0 Å². The van der Waals surface area contributed by atoms with Crippen LogP contribution in [0.4, 0.5) is 17.1 Å². The number of hydrogen-bond donors (Lipinski definition) is 2. The number of anilines is 3. The Morgan fingerprint density at radius 3 is 2.12 bits per heavy atom. The summed E-state index contributed by atoms with van der Waals surface area (Å²) in [6, 6.07) is 17.1. The molecule has 1 amide bonds. The number of rotatable bonds is 5. The minimum Gasteiger partial charge on any atom is -0.550 e. The number of hydrogen-bond acceptors (Lipinski definition) is 4. The summed E-state index contributed by atoms with van der Waals surface area (Å²) in [7, 11) is 0. The van der Waals surface area contributed by atoms with Gasteiger partial charge < -0.3 is 20.5 Å². The van der Waals surface area contributed by atoms with E-state index in [2.05, 4.69) is 10.6 Å². The molecule has 1 saturated carbocycles. The number of carbonyl (C=O) groups is 2. The fourth-order valence-corrected chi connectivity index (χ4v) is 3.33. The van der Waals surface area contributed by atoms with Crippen molar-refractivity contribution in [2.75, 3.05) is 10.6 Å². The first kappa shape index (κ1) is 17.0. The topological polar surface area (TPSA) is 81.3 Å². The van der Waals surface area contributed by atoms with Gasteiger partial charge in [0.1, 0.15) is 0 Å². The van der Waals surface area contributed by atoms with E-state index >= 15 is 0 Å². The van der Waals surface area contributed by atoms with Crippen LogP contribution in [0.25, 0.3) is 0 Å². The molecular formula is C20H21N2O3-. The van der Waals surface area contributed by atoms with Gasteiger partial charge >= 0.3 is 0 Å². The number of carboxylic acids is 1. The van der Waals surface area contributed by atoms with Crippen LogP contribution in [0.15, 0.2) is 54.6 Å². The summed E-state index contributed by atoms with van der Waals surface area (Å²) >= 11 is 0. The van der Waals surface area contributed by atoms with Gasteiger partial charge in [-0.2, -0.15) is 0 Å². The molecule has 2 aromatic rings. The van der Waals surface area contributed by atoms with E-state index in [1.807, 2.05) is 48.5 Å². The smallest absolute Gasteiger partial charge is 0.228 e. The third-order valence-corrected chi connectivity index (χ3v) is 4.64. The Morgan fingerprint density at radius 1 is 0.840 bits per heavy atom. The molecule has 0 heterocycles. The highest BCUT2D eigenvalue weighted by atomic mass is 16.4. The molecule has 0 radical (unpaired) electrons. The average molecular weight is 337 g/mol. The lowest BCUT2D eigenvalue weighted by atomic mass is 9.78. The number of benzene rings is 2. The van der Waals surface area contributed by atoms with Crippen LogP contribution in [0.2, 0.25) is 0 Å². The highest BCUT2D eigenvalue weighted by Gasteiger charge is 2.32. The van der Waals surface area contributed by atoms with Gasteiger partial charge in [-0.25, -0.2) is 0 Å². The summed E-state index contributed by atoms with van der Waals surface area (Å²) in [5.74, 6) is -2.63. The molecule has 3 rings (SSSR count). The van der Waals surface area contributed by atoms with Crippen LogP contribution in [0.3, 0.4) is 0 Å². The van der Waals surface area contributed by atoms with Gasteiger partial charge in [-0.15, -0.1) is 0 Å². The highest BCUT2D eigenvalue weighted by Crippen LogP contribution is 2.32. The Kier molecular flexibility index (Phi) is 5.33. The van der Waals surface area contributed by atoms with Crippen molar-refractivity contribution < 1.29 is 14.7 Å². The predicted octanol–water partition coefficient (Wildman–Crippen LogP) is 2.93. The largest absolute Gasteiger partial charge is 0.550 e. The Bertz CT molecular complexity index is 746. The number of amides is 1. The third-order valence-electron chi connectivity index (χ3n) is 4.64. The molecule has 2 aromatic carbocycles. The van der Waals surface area contributed by atoms with Crippen molar-refractivity contribution in [1.82, 2.24) is 0 Å². The summed E-state index contributed by atoms with van der Waals surface area (Å²) in [6.45, 7) is 0. The van der Waals surface area contributed by atoms with Crippen LogP contribution in [0.5, 0.6) is 0 Å². The maximum absolute atomic E-state index is 12.7. The van der Waals surface area contributed by atoms with Gasteiger partial charge in [0, 0.05) is 23.5 Å². The van der Waals surface area contributed by atoms with Crippen molar-refractivity contribution in [3.8, 4) is 0 Å². The lowest BCUT2D eigenvalue weighted by Crippen LogP contribution is -2.42. The van der Waals surface area contributed by atoms with Crippen molar-refractivity contribution in [3.05, 3.63) is 54.6 Å². The van der Waals surface area contributed by atoms with E-state index in [1.54, 1.807) is 6.07 Å². The first-order chi connectivity index (χ1) is 12.1. The van der Waals surface area contributed by atoms with E-state index in [0.29, 0.717) is 18.5 Å². The van der Waals surface area contributed by atoms with E-state index in [4.69, 9.17) is 0 Å². The van der Waals surface area contributed by atoms with Crippen molar-refractivity contribution >= 4 is 28.9 Å². The molecule has 0 aliphatic heterocycles. The standard InChI is InChI=1S/C20H22N2O3/c23-19(15-10-4-5-11-16(15)20(24)25)22-18-13-7-6-12-17(18)21-14-8-2-1-3-9-14/h1-3,6-9,12-13,15-16,21H,4-5,10-11H2,(H,22,23)(H,24,25)/p-1/t15-,16+/m0/s1. The zero-order valence-electron chi connectivity index (χ0n) is 13.9. The fourth-order valence-electron chi connectivity index (χ4n) is 3.33. The molecule has 1 aliphatic rings. The Hall–Kier alpha value is -2.82. The molecule has 130 valence electrons. The first-order valence-corrected chi connectivity index (χ1v) is 8.58. The molecule has 1 aliphatic carbocycles. The number of para-hydroxylation sites is 3. The van der Waals surface area contributed by atoms with Gasteiger partial charge in [-0.05, 0) is 37.1 Å². The lowest BCUT2D eigenvalue weighted by Gasteiger charge is -2.31. The van der Waals surface area contributed by atoms with Gasteiger partial charge in [0.25, 0.3) is 0 Å². The molecule has 0 aromatic heterocycles. The van der Waals surface area contributed by atoms with Crippen molar-refractivity contribution in [2.24, 2.45) is 11.8 Å². The Morgan fingerprint density at radius 2 is 1.44 bits per heavy atom. The quantitative estimate of drug-likeness (QED) is 0.879.